The van der Waals surface area contributed by atoms with Gasteiger partial charge in [0.05, 0.1) is 16.8 Å². The van der Waals surface area contributed by atoms with E-state index >= 15 is 0 Å². The van der Waals surface area contributed by atoms with Gasteiger partial charge >= 0.3 is 0 Å². The Hall–Kier alpha value is -2.26. The second-order valence-corrected chi connectivity index (χ2v) is 4.53. The molecule has 1 N–H and O–H groups in total. The maximum atomic E-state index is 13.5. The monoisotopic (exact) mass is 319 g/mol. The van der Waals surface area contributed by atoms with E-state index in [9.17, 15) is 9.18 Å². The number of anilines is 1. The van der Waals surface area contributed by atoms with Gasteiger partial charge in [-0.2, -0.15) is 5.26 Å². The quantitative estimate of drug-likeness (QED) is 0.924. The zero-order chi connectivity index (χ0) is 13.8. The minimum Gasteiger partial charge on any atom is -0.319 e. The van der Waals surface area contributed by atoms with E-state index in [2.05, 4.69) is 26.2 Å². The summed E-state index contributed by atoms with van der Waals surface area (Å²) in [5.41, 5.74) is 0.319. The van der Waals surface area contributed by atoms with Gasteiger partial charge in [0.15, 0.2) is 0 Å². The first kappa shape index (κ1) is 13.2. The van der Waals surface area contributed by atoms with Gasteiger partial charge in [0, 0.05) is 16.9 Å². The van der Waals surface area contributed by atoms with Crippen molar-refractivity contribution in [2.75, 3.05) is 5.32 Å². The Kier molecular flexibility index (Phi) is 3.88. The van der Waals surface area contributed by atoms with Gasteiger partial charge in [0.1, 0.15) is 11.9 Å². The fourth-order valence-corrected chi connectivity index (χ4v) is 1.82. The molecule has 0 radical (unpaired) electrons. The number of hydrogen-bond acceptors (Lipinski definition) is 3. The third kappa shape index (κ3) is 2.95. The van der Waals surface area contributed by atoms with Crippen molar-refractivity contribution in [3.63, 3.8) is 0 Å². The normalized spacial score (nSPS) is 9.74. The SMILES string of the molecule is N#Cc1ccncc1C(=O)Nc1cc(Br)ccc1F. The number of nitrogens with one attached hydrogen (secondary N) is 1. The third-order valence-corrected chi connectivity index (χ3v) is 2.86. The Morgan fingerprint density at radius 3 is 2.95 bits per heavy atom. The molecular weight excluding hydrogens is 313 g/mol. The fraction of sp³-hybridized carbons (Fsp3) is 0. The highest BCUT2D eigenvalue weighted by Crippen LogP contribution is 2.21. The summed E-state index contributed by atoms with van der Waals surface area (Å²) in [5, 5.41) is 11.3. The van der Waals surface area contributed by atoms with E-state index in [1.165, 1.54) is 36.7 Å². The molecule has 94 valence electrons. The second kappa shape index (κ2) is 5.59. The predicted molar refractivity (Wildman–Crippen MR) is 71.0 cm³/mol. The van der Waals surface area contributed by atoms with Crippen LogP contribution in [0.25, 0.3) is 0 Å². The molecule has 4 nitrogen and oxygen atoms in total. The highest BCUT2D eigenvalue weighted by molar-refractivity contribution is 9.10. The number of nitrogens with zero attached hydrogens (tertiary/aromatic N) is 2. The number of amides is 1. The predicted octanol–water partition coefficient (Wildman–Crippen LogP) is 3.11. The lowest BCUT2D eigenvalue weighted by molar-refractivity contribution is 0.102. The average Bonchev–Trinajstić information content (AvgIpc) is 2.42. The standard InChI is InChI=1S/C13H7BrFN3O/c14-9-1-2-11(15)12(5-9)18-13(19)10-7-17-4-3-8(10)6-16/h1-5,7H,(H,18,19). The molecule has 2 rings (SSSR count). The van der Waals surface area contributed by atoms with E-state index in [-0.39, 0.29) is 16.8 Å². The molecule has 1 aromatic carbocycles. The van der Waals surface area contributed by atoms with Crippen LogP contribution in [0.3, 0.4) is 0 Å². The first-order valence-corrected chi connectivity index (χ1v) is 6.01. The zero-order valence-electron chi connectivity index (χ0n) is 9.52. The summed E-state index contributed by atoms with van der Waals surface area (Å²) in [6.45, 7) is 0. The molecule has 6 heteroatoms. The van der Waals surface area contributed by atoms with Crippen LogP contribution in [-0.2, 0) is 0 Å². The Balaban J connectivity index is 2.31. The number of nitriles is 1. The van der Waals surface area contributed by atoms with Crippen molar-refractivity contribution >= 4 is 27.5 Å². The number of carbonyl (C=O) groups is 1. The molecule has 0 saturated heterocycles. The van der Waals surface area contributed by atoms with Crippen molar-refractivity contribution < 1.29 is 9.18 Å². The van der Waals surface area contributed by atoms with E-state index in [0.29, 0.717) is 4.47 Å². The van der Waals surface area contributed by atoms with Crippen molar-refractivity contribution in [1.29, 1.82) is 5.26 Å². The molecule has 0 fully saturated rings. The Morgan fingerprint density at radius 1 is 1.42 bits per heavy atom. The summed E-state index contributed by atoms with van der Waals surface area (Å²) >= 11 is 3.19. The van der Waals surface area contributed by atoms with Crippen LogP contribution < -0.4 is 5.32 Å². The number of rotatable bonds is 2. The van der Waals surface area contributed by atoms with E-state index in [0.717, 1.165) is 0 Å². The molecule has 0 unspecified atom stereocenters. The van der Waals surface area contributed by atoms with Crippen LogP contribution in [-0.4, -0.2) is 10.9 Å². The molecule has 2 aromatic rings. The summed E-state index contributed by atoms with van der Waals surface area (Å²) in [6, 6.07) is 7.50. The van der Waals surface area contributed by atoms with Crippen LogP contribution in [0, 0.1) is 17.1 Å². The summed E-state index contributed by atoms with van der Waals surface area (Å²) in [5.74, 6) is -1.14. The number of carbonyl (C=O) groups excluding carboxylic acids is 1. The number of aromatic nitrogens is 1. The number of benzene rings is 1. The third-order valence-electron chi connectivity index (χ3n) is 2.36. The summed E-state index contributed by atoms with van der Waals surface area (Å²) < 4.78 is 14.1. The Morgan fingerprint density at radius 2 is 2.21 bits per heavy atom. The molecule has 0 saturated carbocycles. The molecule has 1 aromatic heterocycles. The van der Waals surface area contributed by atoms with Gasteiger partial charge in [0.25, 0.3) is 5.91 Å². The van der Waals surface area contributed by atoms with Crippen LogP contribution >= 0.6 is 15.9 Å². The van der Waals surface area contributed by atoms with Crippen molar-refractivity contribution in [1.82, 2.24) is 4.98 Å². The molecule has 0 spiro atoms. The molecule has 0 atom stereocenters. The van der Waals surface area contributed by atoms with E-state index < -0.39 is 11.7 Å². The molecule has 0 aliphatic rings. The highest BCUT2D eigenvalue weighted by atomic mass is 79.9. The minimum absolute atomic E-state index is 0.0344. The minimum atomic E-state index is -0.582. The van der Waals surface area contributed by atoms with E-state index in [1.807, 2.05) is 6.07 Å². The maximum absolute atomic E-state index is 13.5. The van der Waals surface area contributed by atoms with Crippen LogP contribution in [0.5, 0.6) is 0 Å². The van der Waals surface area contributed by atoms with Crippen LogP contribution in [0.15, 0.2) is 41.1 Å². The molecule has 1 amide bonds. The van der Waals surface area contributed by atoms with Gasteiger partial charge in [-0.15, -0.1) is 0 Å². The van der Waals surface area contributed by atoms with Crippen molar-refractivity contribution in [3.8, 4) is 6.07 Å². The van der Waals surface area contributed by atoms with Gasteiger partial charge in [-0.05, 0) is 24.3 Å². The van der Waals surface area contributed by atoms with Crippen LogP contribution in [0.2, 0.25) is 0 Å². The Labute approximate surface area is 117 Å². The average molecular weight is 320 g/mol. The Bertz CT molecular complexity index is 682. The van der Waals surface area contributed by atoms with Gasteiger partial charge < -0.3 is 5.32 Å². The summed E-state index contributed by atoms with van der Waals surface area (Å²) in [6.07, 6.45) is 2.68. The highest BCUT2D eigenvalue weighted by Gasteiger charge is 2.13. The maximum Gasteiger partial charge on any atom is 0.258 e. The molecular formula is C13H7BrFN3O. The number of hydrogen-bond donors (Lipinski definition) is 1. The van der Waals surface area contributed by atoms with Gasteiger partial charge in [-0.3, -0.25) is 9.78 Å². The van der Waals surface area contributed by atoms with Crippen molar-refractivity contribution in [2.24, 2.45) is 0 Å². The number of halogens is 2. The fourth-order valence-electron chi connectivity index (χ4n) is 1.46. The van der Waals surface area contributed by atoms with Gasteiger partial charge in [-0.1, -0.05) is 15.9 Å². The molecule has 1 heterocycles. The zero-order valence-corrected chi connectivity index (χ0v) is 11.1. The number of pyridine rings is 1. The lowest BCUT2D eigenvalue weighted by atomic mass is 10.1. The first-order chi connectivity index (χ1) is 9.11. The molecule has 19 heavy (non-hydrogen) atoms. The molecule has 0 bridgehead atoms. The molecule has 0 aliphatic heterocycles. The summed E-state index contributed by atoms with van der Waals surface area (Å²) in [4.78, 5) is 15.8. The lowest BCUT2D eigenvalue weighted by Gasteiger charge is -2.07. The van der Waals surface area contributed by atoms with Crippen LogP contribution in [0.4, 0.5) is 10.1 Å². The van der Waals surface area contributed by atoms with Crippen molar-refractivity contribution in [3.05, 3.63) is 58.1 Å². The van der Waals surface area contributed by atoms with E-state index in [4.69, 9.17) is 5.26 Å². The molecule has 0 aliphatic carbocycles. The van der Waals surface area contributed by atoms with Crippen molar-refractivity contribution in [2.45, 2.75) is 0 Å². The van der Waals surface area contributed by atoms with Gasteiger partial charge in [0.2, 0.25) is 0 Å². The summed E-state index contributed by atoms with van der Waals surface area (Å²) in [7, 11) is 0. The van der Waals surface area contributed by atoms with E-state index in [1.54, 1.807) is 0 Å². The lowest BCUT2D eigenvalue weighted by Crippen LogP contribution is -2.14. The second-order valence-electron chi connectivity index (χ2n) is 3.61. The van der Waals surface area contributed by atoms with Gasteiger partial charge in [-0.25, -0.2) is 4.39 Å². The smallest absolute Gasteiger partial charge is 0.258 e. The largest absolute Gasteiger partial charge is 0.319 e. The van der Waals surface area contributed by atoms with Crippen LogP contribution in [0.1, 0.15) is 15.9 Å². The topological polar surface area (TPSA) is 65.8 Å². The first-order valence-electron chi connectivity index (χ1n) is 5.22.